The Kier molecular flexibility index (Phi) is 2.71. The van der Waals surface area contributed by atoms with Gasteiger partial charge in [0.05, 0.1) is 10.5 Å². The number of amides is 1. The zero-order valence-corrected chi connectivity index (χ0v) is 10.8. The summed E-state index contributed by atoms with van der Waals surface area (Å²) in [5.74, 6) is -0.0508. The quantitative estimate of drug-likeness (QED) is 0.831. The van der Waals surface area contributed by atoms with Gasteiger partial charge in [0.15, 0.2) is 0 Å². The van der Waals surface area contributed by atoms with Gasteiger partial charge < -0.3 is 4.90 Å². The number of hydrogen-bond donors (Lipinski definition) is 0. The number of halogens is 1. The van der Waals surface area contributed by atoms with E-state index < -0.39 is 0 Å². The molecule has 3 nitrogen and oxygen atoms in total. The summed E-state index contributed by atoms with van der Waals surface area (Å²) in [4.78, 5) is 18.4. The molecular weight excluding hydrogens is 248 g/mol. The molecule has 1 saturated carbocycles. The van der Waals surface area contributed by atoms with E-state index in [0.717, 1.165) is 23.7 Å². The molecule has 1 amide bonds. The van der Waals surface area contributed by atoms with Gasteiger partial charge in [0, 0.05) is 18.5 Å². The van der Waals surface area contributed by atoms with Crippen molar-refractivity contribution in [2.75, 3.05) is 7.05 Å². The van der Waals surface area contributed by atoms with Gasteiger partial charge in [-0.1, -0.05) is 29.8 Å². The molecule has 0 N–H and O–H groups in total. The van der Waals surface area contributed by atoms with Crippen LogP contribution in [0.25, 0.3) is 10.9 Å². The Labute approximate surface area is 110 Å². The fraction of sp³-hybridized carbons (Fsp3) is 0.286. The van der Waals surface area contributed by atoms with Crippen molar-refractivity contribution in [3.63, 3.8) is 0 Å². The summed E-state index contributed by atoms with van der Waals surface area (Å²) in [6, 6.07) is 9.62. The van der Waals surface area contributed by atoms with E-state index in [4.69, 9.17) is 11.6 Å². The van der Waals surface area contributed by atoms with Gasteiger partial charge in [-0.2, -0.15) is 0 Å². The summed E-state index contributed by atoms with van der Waals surface area (Å²) in [5, 5.41) is 1.46. The molecule has 1 heterocycles. The molecule has 1 aromatic carbocycles. The van der Waals surface area contributed by atoms with Crippen molar-refractivity contribution in [1.82, 2.24) is 9.88 Å². The Morgan fingerprint density at radius 2 is 2.11 bits per heavy atom. The summed E-state index contributed by atoms with van der Waals surface area (Å²) in [6.45, 7) is 0. The molecule has 18 heavy (non-hydrogen) atoms. The van der Waals surface area contributed by atoms with Crippen LogP contribution in [-0.4, -0.2) is 28.9 Å². The van der Waals surface area contributed by atoms with E-state index in [9.17, 15) is 4.79 Å². The van der Waals surface area contributed by atoms with Crippen LogP contribution in [0.15, 0.2) is 30.3 Å². The number of carbonyl (C=O) groups is 1. The van der Waals surface area contributed by atoms with Crippen LogP contribution in [0.2, 0.25) is 5.02 Å². The van der Waals surface area contributed by atoms with E-state index in [1.807, 2.05) is 31.3 Å². The average molecular weight is 261 g/mol. The fourth-order valence-electron chi connectivity index (χ4n) is 2.05. The zero-order chi connectivity index (χ0) is 12.7. The SMILES string of the molecule is CN(C(=O)c1cc(Cl)c2ccccc2n1)C1CC1. The number of carbonyl (C=O) groups excluding carboxylic acids is 1. The highest BCUT2D eigenvalue weighted by molar-refractivity contribution is 6.35. The predicted molar refractivity (Wildman–Crippen MR) is 71.9 cm³/mol. The Morgan fingerprint density at radius 3 is 2.83 bits per heavy atom. The Bertz CT molecular complexity index is 622. The van der Waals surface area contributed by atoms with Gasteiger partial charge in [0.2, 0.25) is 0 Å². The van der Waals surface area contributed by atoms with Gasteiger partial charge >= 0.3 is 0 Å². The van der Waals surface area contributed by atoms with Crippen LogP contribution in [0.4, 0.5) is 0 Å². The lowest BCUT2D eigenvalue weighted by molar-refractivity contribution is 0.0779. The maximum absolute atomic E-state index is 12.2. The minimum atomic E-state index is -0.0508. The normalized spacial score (nSPS) is 14.8. The van der Waals surface area contributed by atoms with Crippen LogP contribution >= 0.6 is 11.6 Å². The third-order valence-electron chi connectivity index (χ3n) is 3.30. The number of aromatic nitrogens is 1. The molecule has 0 bridgehead atoms. The standard InChI is InChI=1S/C14H13ClN2O/c1-17(9-6-7-9)14(18)13-8-11(15)10-4-2-3-5-12(10)16-13/h2-5,8-9H,6-7H2,1H3. The van der Waals surface area contributed by atoms with Gasteiger partial charge in [0.25, 0.3) is 5.91 Å². The highest BCUT2D eigenvalue weighted by atomic mass is 35.5. The molecule has 1 fully saturated rings. The van der Waals surface area contributed by atoms with Gasteiger partial charge in [-0.3, -0.25) is 4.79 Å². The van der Waals surface area contributed by atoms with Crippen molar-refractivity contribution in [1.29, 1.82) is 0 Å². The van der Waals surface area contributed by atoms with E-state index in [1.165, 1.54) is 0 Å². The minimum Gasteiger partial charge on any atom is -0.337 e. The third-order valence-corrected chi connectivity index (χ3v) is 3.61. The first-order valence-electron chi connectivity index (χ1n) is 5.99. The minimum absolute atomic E-state index is 0.0508. The second-order valence-corrected chi connectivity index (χ2v) is 5.06. The second-order valence-electron chi connectivity index (χ2n) is 4.65. The van der Waals surface area contributed by atoms with Crippen molar-refractivity contribution in [3.8, 4) is 0 Å². The zero-order valence-electron chi connectivity index (χ0n) is 10.1. The number of fused-ring (bicyclic) bond motifs is 1. The van der Waals surface area contributed by atoms with E-state index in [2.05, 4.69) is 4.98 Å². The van der Waals surface area contributed by atoms with Crippen LogP contribution in [0.1, 0.15) is 23.3 Å². The number of pyridine rings is 1. The summed E-state index contributed by atoms with van der Waals surface area (Å²) >= 11 is 6.20. The third kappa shape index (κ3) is 1.95. The lowest BCUT2D eigenvalue weighted by Crippen LogP contribution is -2.29. The maximum atomic E-state index is 12.2. The van der Waals surface area contributed by atoms with E-state index in [0.29, 0.717) is 16.8 Å². The molecule has 0 spiro atoms. The summed E-state index contributed by atoms with van der Waals surface area (Å²) < 4.78 is 0. The Balaban J connectivity index is 2.04. The molecule has 0 atom stereocenters. The van der Waals surface area contributed by atoms with Crippen molar-refractivity contribution >= 4 is 28.4 Å². The van der Waals surface area contributed by atoms with E-state index in [-0.39, 0.29) is 5.91 Å². The average Bonchev–Trinajstić information content (AvgIpc) is 3.21. The molecule has 1 aromatic heterocycles. The van der Waals surface area contributed by atoms with Crippen molar-refractivity contribution in [3.05, 3.63) is 41.0 Å². The molecule has 1 aliphatic carbocycles. The summed E-state index contributed by atoms with van der Waals surface area (Å²) in [6.07, 6.45) is 2.17. The Morgan fingerprint density at radius 1 is 1.39 bits per heavy atom. The molecule has 0 saturated heterocycles. The second kappa shape index (κ2) is 4.25. The van der Waals surface area contributed by atoms with Crippen LogP contribution in [0, 0.1) is 0 Å². The number of hydrogen-bond acceptors (Lipinski definition) is 2. The van der Waals surface area contributed by atoms with Gasteiger partial charge in [-0.25, -0.2) is 4.98 Å². The molecule has 1 aliphatic rings. The maximum Gasteiger partial charge on any atom is 0.272 e. The smallest absolute Gasteiger partial charge is 0.272 e. The number of benzene rings is 1. The van der Waals surface area contributed by atoms with Crippen LogP contribution in [-0.2, 0) is 0 Å². The van der Waals surface area contributed by atoms with Gasteiger partial charge in [-0.05, 0) is 25.0 Å². The largest absolute Gasteiger partial charge is 0.337 e. The van der Waals surface area contributed by atoms with Crippen LogP contribution in [0.3, 0.4) is 0 Å². The lowest BCUT2D eigenvalue weighted by Gasteiger charge is -2.16. The first-order valence-corrected chi connectivity index (χ1v) is 6.37. The molecule has 92 valence electrons. The highest BCUT2D eigenvalue weighted by Gasteiger charge is 2.30. The predicted octanol–water partition coefficient (Wildman–Crippen LogP) is 3.12. The number of nitrogens with zero attached hydrogens (tertiary/aromatic N) is 2. The molecule has 2 aromatic rings. The van der Waals surface area contributed by atoms with Crippen LogP contribution in [0.5, 0.6) is 0 Å². The topological polar surface area (TPSA) is 33.2 Å². The molecule has 0 unspecified atom stereocenters. The molecule has 3 rings (SSSR count). The summed E-state index contributed by atoms with van der Waals surface area (Å²) in [5.41, 5.74) is 1.19. The first kappa shape index (κ1) is 11.5. The summed E-state index contributed by atoms with van der Waals surface area (Å²) in [7, 11) is 1.82. The van der Waals surface area contributed by atoms with Crippen molar-refractivity contribution in [2.24, 2.45) is 0 Å². The van der Waals surface area contributed by atoms with E-state index >= 15 is 0 Å². The van der Waals surface area contributed by atoms with E-state index in [1.54, 1.807) is 11.0 Å². The molecule has 4 heteroatoms. The number of rotatable bonds is 2. The Hall–Kier alpha value is -1.61. The van der Waals surface area contributed by atoms with Crippen molar-refractivity contribution < 1.29 is 4.79 Å². The van der Waals surface area contributed by atoms with Crippen molar-refractivity contribution in [2.45, 2.75) is 18.9 Å². The monoisotopic (exact) mass is 260 g/mol. The fourth-order valence-corrected chi connectivity index (χ4v) is 2.31. The first-order chi connectivity index (χ1) is 8.66. The van der Waals surface area contributed by atoms with Gasteiger partial charge in [-0.15, -0.1) is 0 Å². The number of para-hydroxylation sites is 1. The van der Waals surface area contributed by atoms with Gasteiger partial charge in [0.1, 0.15) is 5.69 Å². The molecule has 0 radical (unpaired) electrons. The molecule has 0 aliphatic heterocycles. The lowest BCUT2D eigenvalue weighted by atomic mass is 10.2. The molecular formula is C14H13ClN2O. The highest BCUT2D eigenvalue weighted by Crippen LogP contribution is 2.28. The van der Waals surface area contributed by atoms with Crippen LogP contribution < -0.4 is 0 Å².